The molecule has 0 bridgehead atoms. The fourth-order valence-electron chi connectivity index (χ4n) is 6.89. The Morgan fingerprint density at radius 2 is 1.22 bits per heavy atom. The molecule has 3 aliphatic rings. The van der Waals surface area contributed by atoms with Crippen LogP contribution in [-0.4, -0.2) is 44.0 Å². The molecule has 2 aromatic heterocycles. The second kappa shape index (κ2) is 8.98. The first-order chi connectivity index (χ1) is 17.6. The van der Waals surface area contributed by atoms with E-state index in [1.807, 2.05) is 0 Å². The van der Waals surface area contributed by atoms with Crippen LogP contribution in [0.1, 0.15) is 99.3 Å². The van der Waals surface area contributed by atoms with Gasteiger partial charge in [-0.1, -0.05) is 12.1 Å². The van der Waals surface area contributed by atoms with Crippen molar-refractivity contribution in [3.8, 4) is 0 Å². The summed E-state index contributed by atoms with van der Waals surface area (Å²) in [6.07, 6.45) is 7.09. The Bertz CT molecular complexity index is 1270. The SMILES string of the molecule is CC(C)N1C(c2ccc3[nH]c(C4CCCN4)nc3c2)CCC1c1ccc2[nH]c([C@@H]3CCCN3)nc2c1. The van der Waals surface area contributed by atoms with Crippen molar-refractivity contribution in [2.75, 3.05) is 13.1 Å². The molecule has 5 heterocycles. The third-order valence-electron chi connectivity index (χ3n) is 8.63. The van der Waals surface area contributed by atoms with Crippen LogP contribution < -0.4 is 10.6 Å². The van der Waals surface area contributed by atoms with Crippen molar-refractivity contribution in [3.05, 3.63) is 59.2 Å². The maximum absolute atomic E-state index is 4.99. The van der Waals surface area contributed by atoms with Crippen LogP contribution in [0.2, 0.25) is 0 Å². The summed E-state index contributed by atoms with van der Waals surface area (Å²) in [5.41, 5.74) is 7.23. The number of nitrogens with zero attached hydrogens (tertiary/aromatic N) is 3. The van der Waals surface area contributed by atoms with Crippen LogP contribution in [0, 0.1) is 0 Å². The lowest BCUT2D eigenvalue weighted by Crippen LogP contribution is -2.32. The second-order valence-electron chi connectivity index (χ2n) is 11.2. The van der Waals surface area contributed by atoms with Crippen molar-refractivity contribution in [2.24, 2.45) is 0 Å². The predicted molar refractivity (Wildman–Crippen MR) is 144 cm³/mol. The number of rotatable bonds is 5. The van der Waals surface area contributed by atoms with Gasteiger partial charge in [-0.15, -0.1) is 0 Å². The van der Waals surface area contributed by atoms with Crippen LogP contribution in [0.25, 0.3) is 22.1 Å². The summed E-state index contributed by atoms with van der Waals surface area (Å²) in [6.45, 7) is 6.84. The Hall–Kier alpha value is -2.74. The number of aromatic nitrogens is 4. The summed E-state index contributed by atoms with van der Waals surface area (Å²) in [5, 5.41) is 7.13. The second-order valence-corrected chi connectivity index (χ2v) is 11.2. The molecule has 3 fully saturated rings. The van der Waals surface area contributed by atoms with E-state index in [2.05, 4.69) is 75.7 Å². The molecular weight excluding hydrogens is 446 g/mol. The largest absolute Gasteiger partial charge is 0.341 e. The van der Waals surface area contributed by atoms with Crippen LogP contribution >= 0.6 is 0 Å². The number of nitrogens with one attached hydrogen (secondary N) is 4. The van der Waals surface area contributed by atoms with Gasteiger partial charge in [0.05, 0.1) is 34.2 Å². The summed E-state index contributed by atoms with van der Waals surface area (Å²) in [5.74, 6) is 2.17. The first-order valence-corrected chi connectivity index (χ1v) is 13.9. The molecule has 188 valence electrons. The highest BCUT2D eigenvalue weighted by Gasteiger charge is 2.37. The summed E-state index contributed by atoms with van der Waals surface area (Å²) in [4.78, 5) is 19.8. The van der Waals surface area contributed by atoms with Crippen LogP contribution in [-0.2, 0) is 0 Å². The standard InChI is InChI=1S/C29H37N7/c1-17(2)36-26(18-7-9-20-24(15-18)34-28(32-20)22-5-3-13-30-22)11-12-27(36)19-8-10-21-25(16-19)35-29(33-21)23-6-4-14-31-23/h7-10,15-17,22-23,26-27,30-31H,3-6,11-14H2,1-2H3,(H,32,34)(H,33,35)/t22-,23?,26?,27?/m0/s1. The van der Waals surface area contributed by atoms with Gasteiger partial charge in [-0.25, -0.2) is 9.97 Å². The first-order valence-electron chi connectivity index (χ1n) is 13.9. The topological polar surface area (TPSA) is 84.7 Å². The zero-order valence-corrected chi connectivity index (χ0v) is 21.3. The van der Waals surface area contributed by atoms with Gasteiger partial charge in [0.15, 0.2) is 0 Å². The molecule has 4 atom stereocenters. The van der Waals surface area contributed by atoms with Gasteiger partial charge in [0.25, 0.3) is 0 Å². The maximum atomic E-state index is 4.99. The van der Waals surface area contributed by atoms with E-state index in [9.17, 15) is 0 Å². The number of likely N-dealkylation sites (tertiary alicyclic amines) is 1. The Labute approximate surface area is 212 Å². The molecule has 0 saturated carbocycles. The van der Waals surface area contributed by atoms with Crippen LogP contribution in [0.15, 0.2) is 36.4 Å². The quantitative estimate of drug-likeness (QED) is 0.298. The number of benzene rings is 2. The normalized spacial score (nSPS) is 27.3. The van der Waals surface area contributed by atoms with Gasteiger partial charge in [-0.05, 0) is 101 Å². The Morgan fingerprint density at radius 3 is 1.64 bits per heavy atom. The monoisotopic (exact) mass is 483 g/mol. The molecule has 0 amide bonds. The van der Waals surface area contributed by atoms with Gasteiger partial charge < -0.3 is 20.6 Å². The smallest absolute Gasteiger partial charge is 0.124 e. The minimum atomic E-state index is 0.366. The molecule has 3 aliphatic heterocycles. The van der Waals surface area contributed by atoms with Crippen LogP contribution in [0.5, 0.6) is 0 Å². The zero-order chi connectivity index (χ0) is 24.2. The van der Waals surface area contributed by atoms with E-state index in [0.29, 0.717) is 30.2 Å². The van der Waals surface area contributed by atoms with Gasteiger partial charge in [-0.2, -0.15) is 0 Å². The molecule has 3 unspecified atom stereocenters. The lowest BCUT2D eigenvalue weighted by Gasteiger charge is -2.34. The fraction of sp³-hybridized carbons (Fsp3) is 0.517. The molecule has 2 aromatic carbocycles. The van der Waals surface area contributed by atoms with Crippen molar-refractivity contribution in [2.45, 2.75) is 82.6 Å². The van der Waals surface area contributed by atoms with Crippen molar-refractivity contribution in [1.82, 2.24) is 35.5 Å². The Morgan fingerprint density at radius 1 is 0.722 bits per heavy atom. The van der Waals surface area contributed by atoms with Crippen LogP contribution in [0.4, 0.5) is 0 Å². The minimum Gasteiger partial charge on any atom is -0.341 e. The third-order valence-corrected chi connectivity index (χ3v) is 8.63. The lowest BCUT2D eigenvalue weighted by molar-refractivity contribution is 0.149. The molecule has 7 nitrogen and oxygen atoms in total. The molecule has 4 N–H and O–H groups in total. The molecule has 0 aliphatic carbocycles. The Balaban J connectivity index is 1.18. The summed E-state index contributed by atoms with van der Waals surface area (Å²) in [6, 6.07) is 15.7. The molecule has 4 aromatic rings. The van der Waals surface area contributed by atoms with E-state index in [4.69, 9.17) is 9.97 Å². The molecule has 3 saturated heterocycles. The first kappa shape index (κ1) is 22.5. The van der Waals surface area contributed by atoms with E-state index >= 15 is 0 Å². The number of fused-ring (bicyclic) bond motifs is 2. The molecule has 0 radical (unpaired) electrons. The van der Waals surface area contributed by atoms with E-state index in [1.54, 1.807) is 0 Å². The van der Waals surface area contributed by atoms with Crippen molar-refractivity contribution in [3.63, 3.8) is 0 Å². The minimum absolute atomic E-state index is 0.366. The van der Waals surface area contributed by atoms with Gasteiger partial charge in [0.1, 0.15) is 11.6 Å². The molecule has 7 heteroatoms. The Kier molecular flexibility index (Phi) is 5.60. The van der Waals surface area contributed by atoms with E-state index in [-0.39, 0.29) is 0 Å². The number of imidazole rings is 2. The molecule has 7 rings (SSSR count). The molecule has 0 spiro atoms. The number of hydrogen-bond acceptors (Lipinski definition) is 5. The summed E-state index contributed by atoms with van der Waals surface area (Å²) >= 11 is 0. The van der Waals surface area contributed by atoms with Gasteiger partial charge in [0.2, 0.25) is 0 Å². The van der Waals surface area contributed by atoms with Crippen molar-refractivity contribution < 1.29 is 0 Å². The average Bonchev–Trinajstić information content (AvgIpc) is 3.72. The highest BCUT2D eigenvalue weighted by molar-refractivity contribution is 5.77. The summed E-state index contributed by atoms with van der Waals surface area (Å²) < 4.78 is 0. The molecule has 36 heavy (non-hydrogen) atoms. The third kappa shape index (κ3) is 3.85. The number of hydrogen-bond donors (Lipinski definition) is 4. The number of aromatic amines is 2. The predicted octanol–water partition coefficient (Wildman–Crippen LogP) is 5.57. The maximum Gasteiger partial charge on any atom is 0.124 e. The van der Waals surface area contributed by atoms with Crippen molar-refractivity contribution in [1.29, 1.82) is 0 Å². The molecular formula is C29H37N7. The number of H-pyrrole nitrogens is 2. The van der Waals surface area contributed by atoms with Gasteiger partial charge in [0, 0.05) is 18.1 Å². The fourth-order valence-corrected chi connectivity index (χ4v) is 6.89. The highest BCUT2D eigenvalue weighted by atomic mass is 15.2. The van der Waals surface area contributed by atoms with E-state index in [0.717, 1.165) is 72.5 Å². The summed E-state index contributed by atoms with van der Waals surface area (Å²) in [7, 11) is 0. The average molecular weight is 484 g/mol. The van der Waals surface area contributed by atoms with Crippen LogP contribution in [0.3, 0.4) is 0 Å². The lowest BCUT2D eigenvalue weighted by atomic mass is 10.0. The van der Waals surface area contributed by atoms with Gasteiger partial charge >= 0.3 is 0 Å². The zero-order valence-electron chi connectivity index (χ0n) is 21.3. The highest BCUT2D eigenvalue weighted by Crippen LogP contribution is 2.46. The van der Waals surface area contributed by atoms with Gasteiger partial charge in [-0.3, -0.25) is 4.90 Å². The van der Waals surface area contributed by atoms with E-state index in [1.165, 1.54) is 24.0 Å². The van der Waals surface area contributed by atoms with E-state index < -0.39 is 0 Å². The van der Waals surface area contributed by atoms with Crippen molar-refractivity contribution >= 4 is 22.1 Å².